The molecule has 0 saturated carbocycles. The number of piperazine rings is 1. The van der Waals surface area contributed by atoms with Crippen molar-refractivity contribution in [1.29, 1.82) is 0 Å². The first-order chi connectivity index (χ1) is 15.5. The molecular formula is C26H35N5O. The summed E-state index contributed by atoms with van der Waals surface area (Å²) in [7, 11) is 0. The van der Waals surface area contributed by atoms with Crippen molar-refractivity contribution in [2.45, 2.75) is 45.2 Å². The van der Waals surface area contributed by atoms with Gasteiger partial charge in [0.25, 0.3) is 0 Å². The summed E-state index contributed by atoms with van der Waals surface area (Å²) in [4.78, 5) is 29.0. The van der Waals surface area contributed by atoms with Crippen LogP contribution in [0.4, 0.5) is 0 Å². The summed E-state index contributed by atoms with van der Waals surface area (Å²) in [6.07, 6.45) is 5.02. The van der Waals surface area contributed by atoms with E-state index in [1.165, 1.54) is 16.5 Å². The molecule has 32 heavy (non-hydrogen) atoms. The Hall–Kier alpha value is -2.31. The zero-order valence-electron chi connectivity index (χ0n) is 19.6. The highest BCUT2D eigenvalue weighted by Gasteiger charge is 2.31. The Morgan fingerprint density at radius 1 is 1.09 bits per heavy atom. The molecule has 0 N–H and O–H groups in total. The first-order valence-corrected chi connectivity index (χ1v) is 12.1. The summed E-state index contributed by atoms with van der Waals surface area (Å²) in [5.74, 6) is 1.27. The van der Waals surface area contributed by atoms with Crippen LogP contribution in [0.1, 0.15) is 50.3 Å². The van der Waals surface area contributed by atoms with Crippen molar-refractivity contribution in [3.63, 3.8) is 0 Å². The molecule has 2 aromatic rings. The van der Waals surface area contributed by atoms with E-state index in [0.717, 1.165) is 51.2 Å². The third kappa shape index (κ3) is 4.44. The van der Waals surface area contributed by atoms with Crippen molar-refractivity contribution in [2.24, 2.45) is 10.9 Å². The Morgan fingerprint density at radius 2 is 1.84 bits per heavy atom. The molecule has 2 saturated heterocycles. The molecule has 1 amide bonds. The average Bonchev–Trinajstić information content (AvgIpc) is 3.63. The number of carbonyl (C=O) groups is 1. The third-order valence-electron chi connectivity index (χ3n) is 7.38. The predicted octanol–water partition coefficient (Wildman–Crippen LogP) is 3.34. The van der Waals surface area contributed by atoms with Gasteiger partial charge in [0, 0.05) is 68.7 Å². The van der Waals surface area contributed by atoms with Crippen LogP contribution in [0, 0.1) is 5.92 Å². The van der Waals surface area contributed by atoms with E-state index in [1.54, 1.807) is 0 Å². The molecular weight excluding hydrogens is 398 g/mol. The van der Waals surface area contributed by atoms with Crippen molar-refractivity contribution in [3.05, 3.63) is 41.6 Å². The fourth-order valence-electron chi connectivity index (χ4n) is 5.61. The largest absolute Gasteiger partial charge is 0.339 e. The van der Waals surface area contributed by atoms with Crippen molar-refractivity contribution in [3.8, 4) is 0 Å². The molecule has 0 aliphatic carbocycles. The Morgan fingerprint density at radius 3 is 2.56 bits per heavy atom. The van der Waals surface area contributed by atoms with E-state index in [2.05, 4.69) is 58.7 Å². The van der Waals surface area contributed by atoms with Crippen LogP contribution in [0.2, 0.25) is 0 Å². The second-order valence-electron chi connectivity index (χ2n) is 10.1. The van der Waals surface area contributed by atoms with E-state index in [4.69, 9.17) is 4.98 Å². The molecule has 0 bridgehead atoms. The highest BCUT2D eigenvalue weighted by atomic mass is 16.2. The number of aromatic nitrogens is 1. The molecule has 170 valence electrons. The SMILES string of the molecule is CC(C)N1CCN(C(=O)CN2C[C@H](C)C[C@H](c3ccc(C4C=N4)c4ncccc34)C2)CC1. The lowest BCUT2D eigenvalue weighted by molar-refractivity contribution is -0.134. The first kappa shape index (κ1) is 21.5. The van der Waals surface area contributed by atoms with Crippen LogP contribution in [0.25, 0.3) is 10.9 Å². The van der Waals surface area contributed by atoms with E-state index >= 15 is 0 Å². The fourth-order valence-corrected chi connectivity index (χ4v) is 5.61. The summed E-state index contributed by atoms with van der Waals surface area (Å²) in [5, 5.41) is 1.25. The number of rotatable bonds is 5. The summed E-state index contributed by atoms with van der Waals surface area (Å²) in [6.45, 7) is 12.9. The van der Waals surface area contributed by atoms with Gasteiger partial charge in [-0.15, -0.1) is 0 Å². The number of benzene rings is 1. The van der Waals surface area contributed by atoms with Gasteiger partial charge < -0.3 is 4.90 Å². The normalized spacial score (nSPS) is 26.8. The number of hydrogen-bond acceptors (Lipinski definition) is 5. The topological polar surface area (TPSA) is 52.0 Å². The van der Waals surface area contributed by atoms with Gasteiger partial charge in [-0.25, -0.2) is 0 Å². The molecule has 3 aliphatic heterocycles. The van der Waals surface area contributed by atoms with Crippen molar-refractivity contribution >= 4 is 23.0 Å². The van der Waals surface area contributed by atoms with E-state index in [-0.39, 0.29) is 11.9 Å². The molecule has 1 aromatic carbocycles. The fraction of sp³-hybridized carbons (Fsp3) is 0.577. The molecule has 6 nitrogen and oxygen atoms in total. The number of carbonyl (C=O) groups excluding carboxylic acids is 1. The molecule has 2 fully saturated rings. The lowest BCUT2D eigenvalue weighted by atomic mass is 9.83. The molecule has 1 aromatic heterocycles. The number of piperidine rings is 1. The van der Waals surface area contributed by atoms with Gasteiger partial charge in [0.1, 0.15) is 6.04 Å². The standard InChI is InChI=1S/C26H35N5O/c1-18(2)30-9-11-31(12-10-30)25(32)17-29-15-19(3)13-20(16-29)21-6-7-23(24-14-28-24)26-22(21)5-4-8-27-26/h4-8,14,18-20,24H,9-13,15-17H2,1-3H3/t19-,20+,24?/m1/s1. The van der Waals surface area contributed by atoms with Crippen LogP contribution in [-0.4, -0.2) is 83.7 Å². The van der Waals surface area contributed by atoms with Crippen molar-refractivity contribution in [2.75, 3.05) is 45.8 Å². The Bertz CT molecular complexity index is 1000. The van der Waals surface area contributed by atoms with Crippen molar-refractivity contribution < 1.29 is 4.79 Å². The van der Waals surface area contributed by atoms with Gasteiger partial charge in [0.2, 0.25) is 5.91 Å². The predicted molar refractivity (Wildman–Crippen MR) is 129 cm³/mol. The molecule has 4 heterocycles. The highest BCUT2D eigenvalue weighted by molar-refractivity contribution is 5.92. The number of amides is 1. The van der Waals surface area contributed by atoms with Crippen molar-refractivity contribution in [1.82, 2.24) is 19.7 Å². The molecule has 3 aliphatic rings. The Balaban J connectivity index is 1.29. The first-order valence-electron chi connectivity index (χ1n) is 12.1. The smallest absolute Gasteiger partial charge is 0.236 e. The number of hydrogen-bond donors (Lipinski definition) is 0. The van der Waals surface area contributed by atoms with E-state index in [0.29, 0.717) is 24.4 Å². The minimum Gasteiger partial charge on any atom is -0.339 e. The highest BCUT2D eigenvalue weighted by Crippen LogP contribution is 2.37. The third-order valence-corrected chi connectivity index (χ3v) is 7.38. The quantitative estimate of drug-likeness (QED) is 0.726. The van der Waals surface area contributed by atoms with Crippen LogP contribution >= 0.6 is 0 Å². The number of fused-ring (bicyclic) bond motifs is 1. The molecule has 1 unspecified atom stereocenters. The maximum atomic E-state index is 13.1. The van der Waals surface area contributed by atoms with Gasteiger partial charge in [-0.3, -0.25) is 24.6 Å². The van der Waals surface area contributed by atoms with Gasteiger partial charge in [-0.1, -0.05) is 25.1 Å². The average molecular weight is 434 g/mol. The summed E-state index contributed by atoms with van der Waals surface area (Å²) in [5.41, 5.74) is 3.66. The lowest BCUT2D eigenvalue weighted by Crippen LogP contribution is -2.53. The maximum Gasteiger partial charge on any atom is 0.236 e. The summed E-state index contributed by atoms with van der Waals surface area (Å²) < 4.78 is 0. The minimum atomic E-state index is 0.206. The van der Waals surface area contributed by atoms with Gasteiger partial charge in [-0.05, 0) is 43.7 Å². The molecule has 5 rings (SSSR count). The molecule has 3 atom stereocenters. The molecule has 0 radical (unpaired) electrons. The number of aliphatic imine (C=N–C) groups is 1. The van der Waals surface area contributed by atoms with Crippen LogP contribution < -0.4 is 0 Å². The van der Waals surface area contributed by atoms with Gasteiger partial charge in [0.15, 0.2) is 0 Å². The summed E-state index contributed by atoms with van der Waals surface area (Å²) >= 11 is 0. The van der Waals surface area contributed by atoms with E-state index in [9.17, 15) is 4.79 Å². The van der Waals surface area contributed by atoms with Crippen LogP contribution in [0.5, 0.6) is 0 Å². The van der Waals surface area contributed by atoms with Crippen LogP contribution in [0.3, 0.4) is 0 Å². The Kier molecular flexibility index (Phi) is 5.99. The number of likely N-dealkylation sites (tertiary alicyclic amines) is 1. The van der Waals surface area contributed by atoms with Gasteiger partial charge in [0.05, 0.1) is 12.1 Å². The van der Waals surface area contributed by atoms with Gasteiger partial charge >= 0.3 is 0 Å². The Labute approximate surface area is 191 Å². The second-order valence-corrected chi connectivity index (χ2v) is 10.1. The van der Waals surface area contributed by atoms with E-state index < -0.39 is 0 Å². The molecule has 0 spiro atoms. The number of nitrogens with zero attached hydrogens (tertiary/aromatic N) is 5. The van der Waals surface area contributed by atoms with Crippen LogP contribution in [-0.2, 0) is 4.79 Å². The zero-order valence-corrected chi connectivity index (χ0v) is 19.6. The van der Waals surface area contributed by atoms with E-state index in [1.807, 2.05) is 18.5 Å². The van der Waals surface area contributed by atoms with Crippen LogP contribution in [0.15, 0.2) is 35.5 Å². The summed E-state index contributed by atoms with van der Waals surface area (Å²) in [6, 6.07) is 9.50. The molecule has 6 heteroatoms. The zero-order chi connectivity index (χ0) is 22.2. The monoisotopic (exact) mass is 433 g/mol. The number of pyridine rings is 1. The minimum absolute atomic E-state index is 0.206. The van der Waals surface area contributed by atoms with Gasteiger partial charge in [-0.2, -0.15) is 0 Å². The maximum absolute atomic E-state index is 13.1. The lowest BCUT2D eigenvalue weighted by Gasteiger charge is -2.40. The second kappa shape index (κ2) is 8.91.